The molecule has 2 aromatic rings. The molecule has 1 amide bonds. The van der Waals surface area contributed by atoms with Gasteiger partial charge in [0.2, 0.25) is 0 Å². The molecule has 0 bridgehead atoms. The second-order valence-electron chi connectivity index (χ2n) is 5.16. The Labute approximate surface area is 162 Å². The van der Waals surface area contributed by atoms with Crippen molar-refractivity contribution in [1.82, 2.24) is 9.97 Å². The van der Waals surface area contributed by atoms with E-state index in [1.165, 1.54) is 26.4 Å². The molecule has 0 aliphatic carbocycles. The Hall–Kier alpha value is -3.54. The van der Waals surface area contributed by atoms with Crippen molar-refractivity contribution in [1.29, 1.82) is 0 Å². The summed E-state index contributed by atoms with van der Waals surface area (Å²) >= 11 is 0.834. The summed E-state index contributed by atoms with van der Waals surface area (Å²) in [5.74, 6) is -3.25. The van der Waals surface area contributed by atoms with Gasteiger partial charge in [-0.25, -0.2) is 24.4 Å². The van der Waals surface area contributed by atoms with Gasteiger partial charge in [0.05, 0.1) is 19.8 Å². The summed E-state index contributed by atoms with van der Waals surface area (Å²) in [5.41, 5.74) is 5.58. The van der Waals surface area contributed by atoms with Crippen LogP contribution in [0.2, 0.25) is 0 Å². The van der Waals surface area contributed by atoms with Gasteiger partial charge in [-0.15, -0.1) is 11.3 Å². The fraction of sp³-hybridized carbons (Fsp3) is 0.250. The molecule has 0 radical (unpaired) electrons. The summed E-state index contributed by atoms with van der Waals surface area (Å²) in [4.78, 5) is 55.4. The highest BCUT2D eigenvalue weighted by molar-refractivity contribution is 7.18. The van der Waals surface area contributed by atoms with Crippen molar-refractivity contribution in [3.05, 3.63) is 34.1 Å². The molecule has 2 aromatic heterocycles. The topological polar surface area (TPSA) is 160 Å². The molecule has 0 saturated carbocycles. The number of amides is 1. The molecular formula is C16H16N4O7S. The van der Waals surface area contributed by atoms with E-state index in [1.54, 1.807) is 0 Å². The first-order valence-electron chi connectivity index (χ1n) is 7.63. The molecule has 11 nitrogen and oxygen atoms in total. The van der Waals surface area contributed by atoms with Crippen LogP contribution in [0, 0.1) is 6.92 Å². The van der Waals surface area contributed by atoms with Gasteiger partial charge < -0.3 is 25.3 Å². The first kappa shape index (κ1) is 20.8. The van der Waals surface area contributed by atoms with Crippen LogP contribution in [0.4, 0.5) is 10.8 Å². The molecule has 0 aromatic carbocycles. The molecule has 2 heterocycles. The van der Waals surface area contributed by atoms with Crippen molar-refractivity contribution in [3.8, 4) is 0 Å². The van der Waals surface area contributed by atoms with E-state index in [9.17, 15) is 19.2 Å². The minimum atomic E-state index is -0.938. The Balaban J connectivity index is 2.15. The fourth-order valence-electron chi connectivity index (χ4n) is 2.11. The average molecular weight is 408 g/mol. The zero-order valence-corrected chi connectivity index (χ0v) is 15.9. The number of hydrogen-bond acceptors (Lipinski definition) is 11. The van der Waals surface area contributed by atoms with E-state index in [0.29, 0.717) is 5.56 Å². The van der Waals surface area contributed by atoms with E-state index in [0.717, 1.165) is 18.4 Å². The number of anilines is 2. The maximum atomic E-state index is 12.1. The lowest BCUT2D eigenvalue weighted by Gasteiger charge is -2.07. The molecule has 0 saturated heterocycles. The number of methoxy groups -OCH3 is 2. The van der Waals surface area contributed by atoms with Crippen LogP contribution in [0.5, 0.6) is 0 Å². The number of aromatic nitrogens is 2. The highest BCUT2D eigenvalue weighted by Gasteiger charge is 2.27. The molecule has 0 fully saturated rings. The van der Waals surface area contributed by atoms with Crippen molar-refractivity contribution in [2.24, 2.45) is 0 Å². The smallest absolute Gasteiger partial charge is 0.361 e. The predicted molar refractivity (Wildman–Crippen MR) is 97.1 cm³/mol. The van der Waals surface area contributed by atoms with Crippen molar-refractivity contribution in [2.45, 2.75) is 6.92 Å². The molecule has 2 rings (SSSR count). The lowest BCUT2D eigenvalue weighted by molar-refractivity contribution is -0.119. The van der Waals surface area contributed by atoms with Crippen molar-refractivity contribution < 1.29 is 33.4 Å². The first-order chi connectivity index (χ1) is 13.3. The fourth-order valence-corrected chi connectivity index (χ4v) is 3.23. The van der Waals surface area contributed by atoms with Gasteiger partial charge in [-0.3, -0.25) is 4.79 Å². The van der Waals surface area contributed by atoms with Crippen LogP contribution < -0.4 is 11.1 Å². The molecule has 3 N–H and O–H groups in total. The van der Waals surface area contributed by atoms with Gasteiger partial charge >= 0.3 is 17.9 Å². The zero-order chi connectivity index (χ0) is 20.8. The van der Waals surface area contributed by atoms with E-state index < -0.39 is 30.4 Å². The van der Waals surface area contributed by atoms with Gasteiger partial charge in [0.15, 0.2) is 18.1 Å². The van der Waals surface area contributed by atoms with Crippen LogP contribution in [0.3, 0.4) is 0 Å². The number of carbonyl (C=O) groups excluding carboxylic acids is 4. The summed E-state index contributed by atoms with van der Waals surface area (Å²) < 4.78 is 14.2. The lowest BCUT2D eigenvalue weighted by Crippen LogP contribution is -2.22. The summed E-state index contributed by atoms with van der Waals surface area (Å²) in [5, 5.41) is 2.47. The maximum Gasteiger partial charge on any atom is 0.361 e. The van der Waals surface area contributed by atoms with E-state index in [4.69, 9.17) is 10.5 Å². The number of hydrogen-bond donors (Lipinski definition) is 2. The maximum absolute atomic E-state index is 12.1. The van der Waals surface area contributed by atoms with Gasteiger partial charge in [-0.05, 0) is 12.5 Å². The molecule has 0 aliphatic heterocycles. The average Bonchev–Trinajstić information content (AvgIpc) is 3.01. The number of nitrogens with one attached hydrogen (secondary N) is 1. The summed E-state index contributed by atoms with van der Waals surface area (Å²) in [6.07, 6.45) is 2.55. The van der Waals surface area contributed by atoms with E-state index in [-0.39, 0.29) is 27.0 Å². The van der Waals surface area contributed by atoms with Gasteiger partial charge in [0.25, 0.3) is 5.91 Å². The van der Waals surface area contributed by atoms with E-state index in [1.807, 2.05) is 0 Å². The number of nitrogens with zero attached hydrogens (tertiary/aromatic N) is 2. The lowest BCUT2D eigenvalue weighted by atomic mass is 10.1. The van der Waals surface area contributed by atoms with E-state index >= 15 is 0 Å². The SMILES string of the molecule is COC(=O)c1sc(NC(=O)COC(=O)c2nccnc2N)c(C(=O)OC)c1C. The number of nitrogens with two attached hydrogens (primary N) is 1. The number of esters is 3. The molecule has 28 heavy (non-hydrogen) atoms. The van der Waals surface area contributed by atoms with Gasteiger partial charge in [-0.1, -0.05) is 0 Å². The summed E-state index contributed by atoms with van der Waals surface area (Å²) in [6.45, 7) is 0.835. The predicted octanol–water partition coefficient (Wildman–Crippen LogP) is 0.797. The van der Waals surface area contributed by atoms with Crippen LogP contribution in [-0.4, -0.2) is 54.6 Å². The van der Waals surface area contributed by atoms with Gasteiger partial charge in [-0.2, -0.15) is 0 Å². The third-order valence-electron chi connectivity index (χ3n) is 3.41. The molecule has 0 aliphatic rings. The van der Waals surface area contributed by atoms with Gasteiger partial charge in [0, 0.05) is 12.4 Å². The summed E-state index contributed by atoms with van der Waals surface area (Å²) in [7, 11) is 2.35. The van der Waals surface area contributed by atoms with Crippen molar-refractivity contribution >= 4 is 46.0 Å². The third kappa shape index (κ3) is 4.40. The minimum Gasteiger partial charge on any atom is -0.465 e. The van der Waals surface area contributed by atoms with Crippen LogP contribution in [0.15, 0.2) is 12.4 Å². The Morgan fingerprint density at radius 3 is 2.32 bits per heavy atom. The molecule has 148 valence electrons. The highest BCUT2D eigenvalue weighted by Crippen LogP contribution is 2.34. The molecule has 12 heteroatoms. The monoisotopic (exact) mass is 408 g/mol. The molecule has 0 spiro atoms. The second kappa shape index (κ2) is 8.90. The Morgan fingerprint density at radius 2 is 1.71 bits per heavy atom. The number of ether oxygens (including phenoxy) is 3. The number of thiophene rings is 1. The minimum absolute atomic E-state index is 0.00532. The molecule has 0 unspecified atom stereocenters. The Kier molecular flexibility index (Phi) is 6.60. The zero-order valence-electron chi connectivity index (χ0n) is 15.1. The van der Waals surface area contributed by atoms with Gasteiger partial charge in [0.1, 0.15) is 9.88 Å². The number of rotatable bonds is 6. The normalized spacial score (nSPS) is 10.1. The van der Waals surface area contributed by atoms with E-state index in [2.05, 4.69) is 24.8 Å². The third-order valence-corrected chi connectivity index (χ3v) is 4.60. The number of carbonyl (C=O) groups is 4. The Bertz CT molecular complexity index is 941. The van der Waals surface area contributed by atoms with Crippen LogP contribution in [-0.2, 0) is 19.0 Å². The summed E-state index contributed by atoms with van der Waals surface area (Å²) in [6, 6.07) is 0. The van der Waals surface area contributed by atoms with Crippen LogP contribution >= 0.6 is 11.3 Å². The highest BCUT2D eigenvalue weighted by atomic mass is 32.1. The standard InChI is InChI=1S/C16H16N4O7S/c1-7-9(14(22)25-2)13(28-11(7)16(24)26-3)20-8(21)6-27-15(23)10-12(17)19-5-4-18-10/h4-5H,6H2,1-3H3,(H2,17,19)(H,20,21). The first-order valence-corrected chi connectivity index (χ1v) is 8.45. The second-order valence-corrected chi connectivity index (χ2v) is 6.18. The largest absolute Gasteiger partial charge is 0.465 e. The molecular weight excluding hydrogens is 392 g/mol. The quantitative estimate of drug-likeness (QED) is 0.517. The Morgan fingerprint density at radius 1 is 1.07 bits per heavy atom. The van der Waals surface area contributed by atoms with Crippen molar-refractivity contribution in [2.75, 3.05) is 31.9 Å². The molecule has 0 atom stereocenters. The van der Waals surface area contributed by atoms with Crippen LogP contribution in [0.1, 0.15) is 36.1 Å². The van der Waals surface area contributed by atoms with Crippen LogP contribution in [0.25, 0.3) is 0 Å². The number of nitrogen functional groups attached to an aromatic ring is 1. The van der Waals surface area contributed by atoms with Crippen molar-refractivity contribution in [3.63, 3.8) is 0 Å².